The highest BCUT2D eigenvalue weighted by Gasteiger charge is 2.42. The van der Waals surface area contributed by atoms with Crippen molar-refractivity contribution >= 4 is 5.97 Å². The predicted octanol–water partition coefficient (Wildman–Crippen LogP) is 3.08. The van der Waals surface area contributed by atoms with Crippen LogP contribution in [0.1, 0.15) is 52.4 Å². The van der Waals surface area contributed by atoms with Gasteiger partial charge in [0, 0.05) is 7.11 Å². The topological polar surface area (TPSA) is 46.5 Å². The van der Waals surface area contributed by atoms with Crippen LogP contribution >= 0.6 is 0 Å². The number of carbonyl (C=O) groups is 1. The summed E-state index contributed by atoms with van der Waals surface area (Å²) in [5.41, 5.74) is -0.564. The SMILES string of the molecule is CCCC(C)(C(=O)O)C1CCCC(OC)C1. The molecule has 0 spiro atoms. The van der Waals surface area contributed by atoms with E-state index in [1.165, 1.54) is 0 Å². The molecular formula is C13H24O3. The Morgan fingerprint density at radius 1 is 1.50 bits per heavy atom. The highest BCUT2D eigenvalue weighted by atomic mass is 16.5. The third-order valence-corrected chi connectivity index (χ3v) is 4.12. The van der Waals surface area contributed by atoms with Crippen molar-refractivity contribution in [1.29, 1.82) is 0 Å². The minimum absolute atomic E-state index is 0.259. The van der Waals surface area contributed by atoms with Gasteiger partial charge < -0.3 is 9.84 Å². The van der Waals surface area contributed by atoms with Crippen LogP contribution in [0, 0.1) is 11.3 Å². The van der Waals surface area contributed by atoms with Gasteiger partial charge in [0.15, 0.2) is 0 Å². The molecule has 0 aliphatic heterocycles. The van der Waals surface area contributed by atoms with Gasteiger partial charge in [-0.3, -0.25) is 4.79 Å². The first-order valence-electron chi connectivity index (χ1n) is 6.30. The van der Waals surface area contributed by atoms with E-state index in [0.29, 0.717) is 0 Å². The second-order valence-electron chi connectivity index (χ2n) is 5.19. The molecule has 0 aromatic rings. The molecule has 0 amide bonds. The lowest BCUT2D eigenvalue weighted by Gasteiger charge is -2.39. The molecule has 0 bridgehead atoms. The van der Waals surface area contributed by atoms with Gasteiger partial charge >= 0.3 is 5.97 Å². The van der Waals surface area contributed by atoms with Gasteiger partial charge in [-0.2, -0.15) is 0 Å². The van der Waals surface area contributed by atoms with Crippen LogP contribution in [-0.4, -0.2) is 24.3 Å². The molecule has 1 N–H and O–H groups in total. The van der Waals surface area contributed by atoms with Crippen LogP contribution in [0.2, 0.25) is 0 Å². The van der Waals surface area contributed by atoms with Gasteiger partial charge in [-0.1, -0.05) is 19.8 Å². The fourth-order valence-corrected chi connectivity index (χ4v) is 2.94. The molecule has 1 aliphatic rings. The predicted molar refractivity (Wildman–Crippen MR) is 63.4 cm³/mol. The van der Waals surface area contributed by atoms with Crippen LogP contribution in [-0.2, 0) is 9.53 Å². The van der Waals surface area contributed by atoms with Crippen LogP contribution in [0.4, 0.5) is 0 Å². The molecule has 16 heavy (non-hydrogen) atoms. The van der Waals surface area contributed by atoms with Gasteiger partial charge in [-0.25, -0.2) is 0 Å². The van der Waals surface area contributed by atoms with E-state index < -0.39 is 11.4 Å². The molecule has 0 saturated heterocycles. The zero-order valence-corrected chi connectivity index (χ0v) is 10.7. The van der Waals surface area contributed by atoms with Gasteiger partial charge in [0.1, 0.15) is 0 Å². The van der Waals surface area contributed by atoms with Crippen molar-refractivity contribution in [2.75, 3.05) is 7.11 Å². The molecule has 1 rings (SSSR count). The average Bonchev–Trinajstić information content (AvgIpc) is 2.29. The minimum Gasteiger partial charge on any atom is -0.481 e. The van der Waals surface area contributed by atoms with Crippen LogP contribution in [0.25, 0.3) is 0 Å². The van der Waals surface area contributed by atoms with Gasteiger partial charge in [0.25, 0.3) is 0 Å². The average molecular weight is 228 g/mol. The second-order valence-corrected chi connectivity index (χ2v) is 5.19. The third kappa shape index (κ3) is 2.76. The number of carboxylic acid groups (broad SMARTS) is 1. The van der Waals surface area contributed by atoms with E-state index in [4.69, 9.17) is 4.74 Å². The smallest absolute Gasteiger partial charge is 0.309 e. The zero-order valence-electron chi connectivity index (χ0n) is 10.7. The Bertz CT molecular complexity index is 239. The Hall–Kier alpha value is -0.570. The summed E-state index contributed by atoms with van der Waals surface area (Å²) in [6.07, 6.45) is 6.06. The maximum absolute atomic E-state index is 11.5. The third-order valence-electron chi connectivity index (χ3n) is 4.12. The standard InChI is InChI=1S/C13H24O3/c1-4-8-13(2,12(14)15)10-6-5-7-11(9-10)16-3/h10-11H,4-9H2,1-3H3,(H,14,15). The second kappa shape index (κ2) is 5.67. The Kier molecular flexibility index (Phi) is 4.78. The summed E-state index contributed by atoms with van der Waals surface area (Å²) in [5, 5.41) is 9.43. The fraction of sp³-hybridized carbons (Fsp3) is 0.923. The molecule has 0 aromatic heterocycles. The molecule has 3 unspecified atom stereocenters. The van der Waals surface area contributed by atoms with E-state index in [1.54, 1.807) is 7.11 Å². The molecular weight excluding hydrogens is 204 g/mol. The molecule has 1 aliphatic carbocycles. The lowest BCUT2D eigenvalue weighted by atomic mass is 9.67. The summed E-state index contributed by atoms with van der Waals surface area (Å²) in [4.78, 5) is 11.5. The summed E-state index contributed by atoms with van der Waals surface area (Å²) in [6, 6.07) is 0. The van der Waals surface area contributed by atoms with Crippen LogP contribution in [0.3, 0.4) is 0 Å². The number of rotatable bonds is 5. The molecule has 0 aromatic carbocycles. The van der Waals surface area contributed by atoms with E-state index >= 15 is 0 Å². The molecule has 3 nitrogen and oxygen atoms in total. The molecule has 0 radical (unpaired) electrons. The number of hydrogen-bond donors (Lipinski definition) is 1. The summed E-state index contributed by atoms with van der Waals surface area (Å²) < 4.78 is 5.38. The number of ether oxygens (including phenoxy) is 1. The number of aliphatic carboxylic acids is 1. The fourth-order valence-electron chi connectivity index (χ4n) is 2.94. The maximum atomic E-state index is 11.5. The van der Waals surface area contributed by atoms with E-state index in [1.807, 2.05) is 6.92 Å². The number of carboxylic acids is 1. The van der Waals surface area contributed by atoms with E-state index in [0.717, 1.165) is 38.5 Å². The molecule has 1 fully saturated rings. The lowest BCUT2D eigenvalue weighted by molar-refractivity contribution is -0.154. The van der Waals surface area contributed by atoms with Gasteiger partial charge in [0.2, 0.25) is 0 Å². The lowest BCUT2D eigenvalue weighted by Crippen LogP contribution is -2.40. The van der Waals surface area contributed by atoms with Crippen molar-refractivity contribution in [2.24, 2.45) is 11.3 Å². The summed E-state index contributed by atoms with van der Waals surface area (Å²) in [6.45, 7) is 3.96. The van der Waals surface area contributed by atoms with Crippen molar-refractivity contribution in [3.8, 4) is 0 Å². The van der Waals surface area contributed by atoms with Crippen LogP contribution in [0.15, 0.2) is 0 Å². The normalized spacial score (nSPS) is 29.7. The Morgan fingerprint density at radius 2 is 2.19 bits per heavy atom. The summed E-state index contributed by atoms with van der Waals surface area (Å²) in [5.74, 6) is -0.375. The Morgan fingerprint density at radius 3 is 2.69 bits per heavy atom. The van der Waals surface area contributed by atoms with E-state index in [9.17, 15) is 9.90 Å². The molecule has 94 valence electrons. The first kappa shape index (κ1) is 13.5. The maximum Gasteiger partial charge on any atom is 0.309 e. The largest absolute Gasteiger partial charge is 0.481 e. The van der Waals surface area contributed by atoms with Gasteiger partial charge in [-0.05, 0) is 38.5 Å². The van der Waals surface area contributed by atoms with E-state index in [2.05, 4.69) is 6.92 Å². The highest BCUT2D eigenvalue weighted by molar-refractivity contribution is 5.74. The Balaban J connectivity index is 2.74. The first-order chi connectivity index (χ1) is 7.54. The van der Waals surface area contributed by atoms with Crippen molar-refractivity contribution in [2.45, 2.75) is 58.5 Å². The monoisotopic (exact) mass is 228 g/mol. The number of methoxy groups -OCH3 is 1. The molecule has 3 atom stereocenters. The molecule has 3 heteroatoms. The summed E-state index contributed by atoms with van der Waals surface area (Å²) >= 11 is 0. The van der Waals surface area contributed by atoms with Gasteiger partial charge in [0.05, 0.1) is 11.5 Å². The quantitative estimate of drug-likeness (QED) is 0.786. The van der Waals surface area contributed by atoms with E-state index in [-0.39, 0.29) is 12.0 Å². The zero-order chi connectivity index (χ0) is 12.2. The van der Waals surface area contributed by atoms with Crippen molar-refractivity contribution in [3.05, 3.63) is 0 Å². The van der Waals surface area contributed by atoms with Crippen LogP contribution in [0.5, 0.6) is 0 Å². The Labute approximate surface area is 98.2 Å². The minimum atomic E-state index is -0.642. The number of hydrogen-bond acceptors (Lipinski definition) is 2. The van der Waals surface area contributed by atoms with Gasteiger partial charge in [-0.15, -0.1) is 0 Å². The van der Waals surface area contributed by atoms with Crippen molar-refractivity contribution < 1.29 is 14.6 Å². The molecule has 0 heterocycles. The highest BCUT2D eigenvalue weighted by Crippen LogP contribution is 2.42. The summed E-state index contributed by atoms with van der Waals surface area (Å²) in [7, 11) is 1.73. The first-order valence-corrected chi connectivity index (χ1v) is 6.30. The molecule has 1 saturated carbocycles. The van der Waals surface area contributed by atoms with Crippen LogP contribution < -0.4 is 0 Å². The van der Waals surface area contributed by atoms with Crippen molar-refractivity contribution in [1.82, 2.24) is 0 Å². The van der Waals surface area contributed by atoms with Crippen molar-refractivity contribution in [3.63, 3.8) is 0 Å².